The van der Waals surface area contributed by atoms with Gasteiger partial charge >= 0.3 is 0 Å². The van der Waals surface area contributed by atoms with Gasteiger partial charge in [0.15, 0.2) is 0 Å². The molecule has 1 N–H and O–H groups in total. The number of nitrogens with one attached hydrogen (secondary N) is 1. The van der Waals surface area contributed by atoms with Crippen molar-refractivity contribution in [1.29, 1.82) is 0 Å². The van der Waals surface area contributed by atoms with E-state index in [4.69, 9.17) is 5.73 Å². The lowest BCUT2D eigenvalue weighted by atomic mass is 10.2. The Bertz CT molecular complexity index is 96.9. The lowest BCUT2D eigenvalue weighted by molar-refractivity contribution is 0.679. The summed E-state index contributed by atoms with van der Waals surface area (Å²) in [6.07, 6.45) is 5.92. The average molecular weight is 124 g/mol. The van der Waals surface area contributed by atoms with E-state index in [0.29, 0.717) is 0 Å². The van der Waals surface area contributed by atoms with E-state index in [9.17, 15) is 0 Å². The van der Waals surface area contributed by atoms with Crippen molar-refractivity contribution in [2.45, 2.75) is 39.0 Å². The average Bonchev–Trinajstić information content (AvgIpc) is 1.89. The first-order valence-electron chi connectivity index (χ1n) is 3.56. The lowest BCUT2D eigenvalue weighted by Gasteiger charge is -1.90. The van der Waals surface area contributed by atoms with Crippen LogP contribution in [0, 0.1) is 12.0 Å². The van der Waals surface area contributed by atoms with Crippen LogP contribution in [0.15, 0.2) is 0 Å². The zero-order chi connectivity index (χ0) is 6.95. The molecule has 9 heavy (non-hydrogen) atoms. The molecular formula is C8H14N. The van der Waals surface area contributed by atoms with Gasteiger partial charge in [-0.15, -0.1) is 0 Å². The molecule has 0 bridgehead atoms. The Morgan fingerprint density at radius 2 is 2.00 bits per heavy atom. The second-order valence-electron chi connectivity index (χ2n) is 2.11. The molecule has 0 saturated heterocycles. The van der Waals surface area contributed by atoms with Gasteiger partial charge in [0, 0.05) is 12.5 Å². The summed E-state index contributed by atoms with van der Waals surface area (Å²) in [6, 6.07) is 2.14. The van der Waals surface area contributed by atoms with Crippen LogP contribution in [-0.2, 0) is 0 Å². The smallest absolute Gasteiger partial charge is 0.0254 e. The molecule has 0 spiro atoms. The summed E-state index contributed by atoms with van der Waals surface area (Å²) >= 11 is 0. The highest BCUT2D eigenvalue weighted by Crippen LogP contribution is 2.00. The van der Waals surface area contributed by atoms with E-state index in [0.717, 1.165) is 6.42 Å². The minimum absolute atomic E-state index is 0.906. The zero-order valence-corrected chi connectivity index (χ0v) is 6.04. The maximum absolute atomic E-state index is 6.52. The van der Waals surface area contributed by atoms with E-state index in [1.807, 2.05) is 0 Å². The highest BCUT2D eigenvalue weighted by molar-refractivity contribution is 4.92. The van der Waals surface area contributed by atoms with Crippen LogP contribution in [0.5, 0.6) is 0 Å². The van der Waals surface area contributed by atoms with Crippen LogP contribution in [0.2, 0.25) is 0 Å². The molecule has 0 amide bonds. The van der Waals surface area contributed by atoms with E-state index in [2.05, 4.69) is 18.9 Å². The molecule has 0 saturated carbocycles. The maximum Gasteiger partial charge on any atom is 0.0254 e. The van der Waals surface area contributed by atoms with Gasteiger partial charge in [-0.3, -0.25) is 5.73 Å². The lowest BCUT2D eigenvalue weighted by Crippen LogP contribution is -1.73. The molecule has 1 radical (unpaired) electrons. The summed E-state index contributed by atoms with van der Waals surface area (Å²) in [6.45, 7) is 2.19. The molecular weight excluding hydrogens is 110 g/mol. The van der Waals surface area contributed by atoms with Crippen LogP contribution < -0.4 is 5.73 Å². The van der Waals surface area contributed by atoms with Gasteiger partial charge in [-0.1, -0.05) is 32.1 Å². The van der Waals surface area contributed by atoms with E-state index >= 15 is 0 Å². The van der Waals surface area contributed by atoms with Gasteiger partial charge in [-0.2, -0.15) is 0 Å². The standard InChI is InChI=1S/C8H14N/c1-2-3-4-5-6-7-8-9/h9H,2-6H2,1H3. The quantitative estimate of drug-likeness (QED) is 0.405. The Hall–Kier alpha value is -0.640. The Morgan fingerprint density at radius 3 is 2.56 bits per heavy atom. The highest BCUT2D eigenvalue weighted by Gasteiger charge is 1.82. The van der Waals surface area contributed by atoms with Crippen LogP contribution in [0.25, 0.3) is 0 Å². The Labute approximate surface area is 57.6 Å². The Balaban J connectivity index is 2.80. The van der Waals surface area contributed by atoms with E-state index < -0.39 is 0 Å². The Morgan fingerprint density at radius 1 is 1.22 bits per heavy atom. The summed E-state index contributed by atoms with van der Waals surface area (Å²) in [5.74, 6) is 2.72. The van der Waals surface area contributed by atoms with Gasteiger partial charge in [0.1, 0.15) is 0 Å². The number of hydrogen-bond donors (Lipinski definition) is 0. The molecule has 0 heterocycles. The first-order chi connectivity index (χ1) is 4.41. The van der Waals surface area contributed by atoms with Crippen LogP contribution in [-0.4, -0.2) is 0 Å². The monoisotopic (exact) mass is 124 g/mol. The molecule has 0 aliphatic heterocycles. The van der Waals surface area contributed by atoms with Crippen molar-refractivity contribution in [3.05, 3.63) is 0 Å². The zero-order valence-electron chi connectivity index (χ0n) is 6.04. The summed E-state index contributed by atoms with van der Waals surface area (Å²) in [5.41, 5.74) is 6.52. The minimum Gasteiger partial charge on any atom is -0.252 e. The van der Waals surface area contributed by atoms with Gasteiger partial charge in [0.2, 0.25) is 0 Å². The first kappa shape index (κ1) is 8.36. The van der Waals surface area contributed by atoms with E-state index in [1.165, 1.54) is 25.7 Å². The molecule has 0 atom stereocenters. The van der Waals surface area contributed by atoms with Crippen molar-refractivity contribution in [2.75, 3.05) is 0 Å². The van der Waals surface area contributed by atoms with Gasteiger partial charge in [0.25, 0.3) is 0 Å². The fourth-order valence-corrected chi connectivity index (χ4v) is 0.703. The summed E-state index contributed by atoms with van der Waals surface area (Å²) < 4.78 is 0. The molecule has 0 aromatic rings. The summed E-state index contributed by atoms with van der Waals surface area (Å²) in [7, 11) is 0. The van der Waals surface area contributed by atoms with Gasteiger partial charge in [-0.05, 0) is 6.42 Å². The first-order valence-corrected chi connectivity index (χ1v) is 3.56. The topological polar surface area (TPSA) is 23.8 Å². The molecule has 51 valence electrons. The van der Waals surface area contributed by atoms with Crippen LogP contribution in [0.4, 0.5) is 0 Å². The molecule has 0 aromatic carbocycles. The molecule has 0 unspecified atom stereocenters. The normalized spacial score (nSPS) is 8.11. The minimum atomic E-state index is 0.906. The predicted molar refractivity (Wildman–Crippen MR) is 39.6 cm³/mol. The van der Waals surface area contributed by atoms with Crippen molar-refractivity contribution in [1.82, 2.24) is 5.73 Å². The van der Waals surface area contributed by atoms with Crippen molar-refractivity contribution < 1.29 is 0 Å². The van der Waals surface area contributed by atoms with Gasteiger partial charge in [-0.25, -0.2) is 0 Å². The third-order valence-electron chi connectivity index (χ3n) is 1.24. The highest BCUT2D eigenvalue weighted by atomic mass is 14.4. The summed E-state index contributed by atoms with van der Waals surface area (Å²) in [5, 5.41) is 0. The third-order valence-corrected chi connectivity index (χ3v) is 1.24. The second kappa shape index (κ2) is 7.36. The third kappa shape index (κ3) is 7.36. The van der Waals surface area contributed by atoms with Crippen molar-refractivity contribution in [2.24, 2.45) is 0 Å². The fourth-order valence-electron chi connectivity index (χ4n) is 0.703. The predicted octanol–water partition coefficient (Wildman–Crippen LogP) is 2.20. The largest absolute Gasteiger partial charge is 0.252 e. The molecule has 0 fully saturated rings. The summed E-state index contributed by atoms with van der Waals surface area (Å²) in [4.78, 5) is 0. The van der Waals surface area contributed by atoms with Crippen molar-refractivity contribution >= 4 is 0 Å². The molecule has 0 aliphatic rings. The van der Waals surface area contributed by atoms with Crippen LogP contribution in [0.1, 0.15) is 39.0 Å². The molecule has 1 nitrogen and oxygen atoms in total. The molecule has 0 rings (SSSR count). The second-order valence-corrected chi connectivity index (χ2v) is 2.11. The van der Waals surface area contributed by atoms with E-state index in [-0.39, 0.29) is 0 Å². The number of hydrogen-bond acceptors (Lipinski definition) is 0. The van der Waals surface area contributed by atoms with Crippen LogP contribution in [0.3, 0.4) is 0 Å². The maximum atomic E-state index is 6.52. The number of unbranched alkanes of at least 4 members (excludes halogenated alkanes) is 4. The van der Waals surface area contributed by atoms with E-state index in [1.54, 1.807) is 0 Å². The fraction of sp³-hybridized carbons (Fsp3) is 0.750. The number of rotatable bonds is 4. The van der Waals surface area contributed by atoms with Crippen LogP contribution >= 0.6 is 0 Å². The van der Waals surface area contributed by atoms with Crippen molar-refractivity contribution in [3.63, 3.8) is 0 Å². The Kier molecular flexibility index (Phi) is 6.84. The van der Waals surface area contributed by atoms with Gasteiger partial charge in [0.05, 0.1) is 0 Å². The van der Waals surface area contributed by atoms with Crippen molar-refractivity contribution in [3.8, 4) is 12.0 Å². The molecule has 1 heteroatoms. The molecule has 0 aromatic heterocycles. The SMILES string of the molecule is CCCCCCC#C[NH]. The molecule has 0 aliphatic carbocycles. The van der Waals surface area contributed by atoms with Gasteiger partial charge < -0.3 is 0 Å².